The molecule has 0 unspecified atom stereocenters. The molecule has 0 aromatic heterocycles. The number of rotatable bonds is 8. The van der Waals surface area contributed by atoms with Crippen LogP contribution in [0.3, 0.4) is 0 Å². The van der Waals surface area contributed by atoms with Crippen molar-refractivity contribution in [3.8, 4) is 39.5 Å². The third kappa shape index (κ3) is 7.02. The summed E-state index contributed by atoms with van der Waals surface area (Å²) in [5.41, 5.74) is 1.38. The smallest absolute Gasteiger partial charge is 0.417 e. The maximum Gasteiger partial charge on any atom is 0.417 e. The van der Waals surface area contributed by atoms with Crippen LogP contribution >= 0.6 is 0 Å². The SMILES string of the molecule is COc1cc(-c2ccc(-c3ccc(OS(C)(=O)=O)cc3)cc2C(F)(F)F)ccc1OCC=C(C)C. The molecule has 0 heterocycles. The molecule has 0 saturated carbocycles. The molecule has 186 valence electrons. The van der Waals surface area contributed by atoms with Crippen molar-refractivity contribution in [3.63, 3.8) is 0 Å². The molecule has 0 aliphatic heterocycles. The summed E-state index contributed by atoms with van der Waals surface area (Å²) in [4.78, 5) is 0. The number of benzene rings is 3. The number of halogens is 3. The van der Waals surface area contributed by atoms with E-state index in [1.54, 1.807) is 18.2 Å². The molecule has 0 fully saturated rings. The summed E-state index contributed by atoms with van der Waals surface area (Å²) < 4.78 is 80.4. The van der Waals surface area contributed by atoms with Gasteiger partial charge in [-0.25, -0.2) is 0 Å². The maximum absolute atomic E-state index is 14.0. The second-order valence-electron chi connectivity index (χ2n) is 8.03. The zero-order valence-electron chi connectivity index (χ0n) is 19.6. The molecule has 0 atom stereocenters. The van der Waals surface area contributed by atoms with Crippen molar-refractivity contribution in [3.05, 3.63) is 77.9 Å². The van der Waals surface area contributed by atoms with Gasteiger partial charge in [0.05, 0.1) is 18.9 Å². The fourth-order valence-corrected chi connectivity index (χ4v) is 3.80. The number of alkyl halides is 3. The van der Waals surface area contributed by atoms with E-state index in [0.717, 1.165) is 17.9 Å². The van der Waals surface area contributed by atoms with Gasteiger partial charge in [0.25, 0.3) is 0 Å². The van der Waals surface area contributed by atoms with Crippen molar-refractivity contribution in [2.75, 3.05) is 20.0 Å². The first-order valence-electron chi connectivity index (χ1n) is 10.5. The van der Waals surface area contributed by atoms with Crippen molar-refractivity contribution < 1.29 is 35.2 Å². The highest BCUT2D eigenvalue weighted by molar-refractivity contribution is 7.86. The lowest BCUT2D eigenvalue weighted by Crippen LogP contribution is -2.08. The van der Waals surface area contributed by atoms with Crippen LogP contribution < -0.4 is 13.7 Å². The molecule has 0 bridgehead atoms. The van der Waals surface area contributed by atoms with E-state index in [9.17, 15) is 21.6 Å². The monoisotopic (exact) mass is 506 g/mol. The van der Waals surface area contributed by atoms with Crippen LogP contribution in [-0.2, 0) is 16.3 Å². The Bertz CT molecular complexity index is 1320. The summed E-state index contributed by atoms with van der Waals surface area (Å²) in [5, 5.41) is 0. The first-order valence-corrected chi connectivity index (χ1v) is 12.3. The summed E-state index contributed by atoms with van der Waals surface area (Å²) in [6.07, 6.45) is -1.82. The van der Waals surface area contributed by atoms with Crippen LogP contribution in [0.5, 0.6) is 17.2 Å². The Morgan fingerprint density at radius 2 is 1.51 bits per heavy atom. The van der Waals surface area contributed by atoms with Crippen LogP contribution in [0.1, 0.15) is 19.4 Å². The van der Waals surface area contributed by atoms with Gasteiger partial charge in [-0.2, -0.15) is 21.6 Å². The van der Waals surface area contributed by atoms with Gasteiger partial charge in [-0.3, -0.25) is 0 Å². The van der Waals surface area contributed by atoms with Crippen molar-refractivity contribution in [1.29, 1.82) is 0 Å². The lowest BCUT2D eigenvalue weighted by atomic mass is 9.94. The first-order chi connectivity index (χ1) is 16.4. The largest absolute Gasteiger partial charge is 0.493 e. The van der Waals surface area contributed by atoms with Crippen LogP contribution in [0.15, 0.2) is 72.3 Å². The van der Waals surface area contributed by atoms with E-state index in [2.05, 4.69) is 0 Å². The van der Waals surface area contributed by atoms with Crippen molar-refractivity contribution in [2.45, 2.75) is 20.0 Å². The van der Waals surface area contributed by atoms with Crippen LogP contribution in [0.25, 0.3) is 22.3 Å². The van der Waals surface area contributed by atoms with Crippen LogP contribution in [-0.4, -0.2) is 28.4 Å². The average molecular weight is 507 g/mol. The quantitative estimate of drug-likeness (QED) is 0.250. The Kier molecular flexibility index (Phi) is 7.80. The van der Waals surface area contributed by atoms with Gasteiger partial charge in [0.2, 0.25) is 0 Å². The highest BCUT2D eigenvalue weighted by atomic mass is 32.2. The predicted octanol–water partition coefficient (Wildman–Crippen LogP) is 6.73. The first kappa shape index (κ1) is 26.2. The lowest BCUT2D eigenvalue weighted by Gasteiger charge is -2.17. The maximum atomic E-state index is 14.0. The van der Waals surface area contributed by atoms with E-state index in [0.29, 0.717) is 34.8 Å². The zero-order valence-corrected chi connectivity index (χ0v) is 20.5. The molecule has 3 aromatic rings. The molecule has 0 aliphatic carbocycles. The molecular weight excluding hydrogens is 481 g/mol. The summed E-state index contributed by atoms with van der Waals surface area (Å²) in [7, 11) is -2.28. The third-order valence-corrected chi connectivity index (χ3v) is 5.46. The Hall–Kier alpha value is -3.46. The molecule has 3 rings (SSSR count). The number of hydrogen-bond donors (Lipinski definition) is 0. The van der Waals surface area contributed by atoms with E-state index in [1.807, 2.05) is 19.9 Å². The van der Waals surface area contributed by atoms with Gasteiger partial charge < -0.3 is 13.7 Å². The Balaban J connectivity index is 1.99. The average Bonchev–Trinajstić information content (AvgIpc) is 2.77. The van der Waals surface area contributed by atoms with Crippen LogP contribution in [0.2, 0.25) is 0 Å². The van der Waals surface area contributed by atoms with Crippen molar-refractivity contribution in [2.24, 2.45) is 0 Å². The Morgan fingerprint density at radius 1 is 0.886 bits per heavy atom. The molecule has 0 radical (unpaired) electrons. The summed E-state index contributed by atoms with van der Waals surface area (Å²) in [5.74, 6) is 0.821. The van der Waals surface area contributed by atoms with Gasteiger partial charge in [0.1, 0.15) is 12.4 Å². The fourth-order valence-electron chi connectivity index (χ4n) is 3.34. The number of hydrogen-bond acceptors (Lipinski definition) is 5. The van der Waals surface area contributed by atoms with Crippen molar-refractivity contribution >= 4 is 10.1 Å². The summed E-state index contributed by atoms with van der Waals surface area (Å²) >= 11 is 0. The van der Waals surface area contributed by atoms with Crippen LogP contribution in [0, 0.1) is 0 Å². The van der Waals surface area contributed by atoms with Gasteiger partial charge in [-0.15, -0.1) is 0 Å². The predicted molar refractivity (Wildman–Crippen MR) is 129 cm³/mol. The zero-order chi connectivity index (χ0) is 25.8. The van der Waals surface area contributed by atoms with E-state index < -0.39 is 21.9 Å². The highest BCUT2D eigenvalue weighted by Gasteiger charge is 2.34. The number of methoxy groups -OCH3 is 1. The molecule has 9 heteroatoms. The lowest BCUT2D eigenvalue weighted by molar-refractivity contribution is -0.137. The molecule has 0 aliphatic rings. The van der Waals surface area contributed by atoms with Crippen LogP contribution in [0.4, 0.5) is 13.2 Å². The Labute approximate surface area is 202 Å². The minimum absolute atomic E-state index is 0.00701. The van der Waals surface area contributed by atoms with E-state index >= 15 is 0 Å². The van der Waals surface area contributed by atoms with E-state index in [4.69, 9.17) is 13.7 Å². The molecule has 0 spiro atoms. The Morgan fingerprint density at radius 3 is 2.09 bits per heavy atom. The van der Waals surface area contributed by atoms with Gasteiger partial charge in [0.15, 0.2) is 11.5 Å². The van der Waals surface area contributed by atoms with Gasteiger partial charge in [0, 0.05) is 0 Å². The topological polar surface area (TPSA) is 61.8 Å². The molecule has 3 aromatic carbocycles. The normalized spacial score (nSPS) is 11.6. The summed E-state index contributed by atoms with van der Waals surface area (Å²) in [6.45, 7) is 4.18. The second kappa shape index (κ2) is 10.4. The van der Waals surface area contributed by atoms with Gasteiger partial charge in [-0.1, -0.05) is 35.9 Å². The van der Waals surface area contributed by atoms with E-state index in [1.165, 1.54) is 43.5 Å². The minimum atomic E-state index is -4.61. The number of allylic oxidation sites excluding steroid dienone is 1. The van der Waals surface area contributed by atoms with E-state index in [-0.39, 0.29) is 11.3 Å². The molecule has 0 amide bonds. The summed E-state index contributed by atoms with van der Waals surface area (Å²) in [6, 6.07) is 14.5. The molecule has 35 heavy (non-hydrogen) atoms. The fraction of sp³-hybridized carbons (Fsp3) is 0.231. The molecule has 0 saturated heterocycles. The molecule has 0 N–H and O–H groups in total. The molecule has 5 nitrogen and oxygen atoms in total. The van der Waals surface area contributed by atoms with Gasteiger partial charge in [-0.05, 0) is 72.5 Å². The second-order valence-corrected chi connectivity index (χ2v) is 9.60. The van der Waals surface area contributed by atoms with Crippen molar-refractivity contribution in [1.82, 2.24) is 0 Å². The van der Waals surface area contributed by atoms with Gasteiger partial charge >= 0.3 is 16.3 Å². The third-order valence-electron chi connectivity index (χ3n) is 4.97. The minimum Gasteiger partial charge on any atom is -0.493 e. The number of ether oxygens (including phenoxy) is 2. The standard InChI is InChI=1S/C26H25F3O5S/c1-17(2)13-14-33-24-12-8-20(16-25(24)32-3)22-11-7-19(15-23(22)26(27,28)29)18-5-9-21(10-6-18)34-35(4,30)31/h5-13,15-16H,14H2,1-4H3. The highest BCUT2D eigenvalue weighted by Crippen LogP contribution is 2.41. The molecular formula is C26H25F3O5S.